The molecule has 0 spiro atoms. The molecule has 1 aliphatic rings. The Morgan fingerprint density at radius 1 is 1.16 bits per heavy atom. The predicted molar refractivity (Wildman–Crippen MR) is 111 cm³/mol. The molecule has 4 aromatic rings. The van der Waals surface area contributed by atoms with Crippen molar-refractivity contribution in [2.45, 2.75) is 25.3 Å². The zero-order chi connectivity index (χ0) is 21.4. The minimum atomic E-state index is -2.74. The van der Waals surface area contributed by atoms with E-state index in [1.807, 2.05) is 18.2 Å². The van der Waals surface area contributed by atoms with Crippen LogP contribution in [0.1, 0.15) is 17.1 Å². The third kappa shape index (κ3) is 4.08. The lowest BCUT2D eigenvalue weighted by atomic mass is 10.1. The predicted octanol–water partition coefficient (Wildman–Crippen LogP) is 4.54. The maximum Gasteiger partial charge on any atom is 0.282 e. The topological polar surface area (TPSA) is 70.0 Å². The van der Waals surface area contributed by atoms with Crippen molar-refractivity contribution in [1.82, 2.24) is 15.0 Å². The third-order valence-corrected chi connectivity index (χ3v) is 5.31. The van der Waals surface area contributed by atoms with E-state index in [1.54, 1.807) is 24.6 Å². The smallest absolute Gasteiger partial charge is 0.282 e. The second kappa shape index (κ2) is 7.64. The highest BCUT2D eigenvalue weighted by atomic mass is 19.3. The van der Waals surface area contributed by atoms with Crippen LogP contribution in [0.15, 0.2) is 53.3 Å². The number of nitrogens with zero attached hydrogens (tertiary/aromatic N) is 3. The second-order valence-electron chi connectivity index (χ2n) is 7.67. The number of anilines is 2. The molecule has 31 heavy (non-hydrogen) atoms. The summed E-state index contributed by atoms with van der Waals surface area (Å²) in [5.74, 6) is -1.55. The zero-order valence-electron chi connectivity index (χ0n) is 16.5. The molecule has 0 saturated carbocycles. The average molecular weight is 427 g/mol. The Hall–Kier alpha value is -3.49. The highest BCUT2D eigenvalue weighted by Crippen LogP contribution is 2.33. The van der Waals surface area contributed by atoms with Crippen molar-refractivity contribution >= 4 is 22.5 Å². The summed E-state index contributed by atoms with van der Waals surface area (Å²) >= 11 is 0. The Kier molecular flexibility index (Phi) is 4.80. The number of imidazole rings is 1. The van der Waals surface area contributed by atoms with Crippen molar-refractivity contribution in [3.8, 4) is 0 Å². The number of aromatic nitrogens is 3. The number of hydrogen-bond acceptors (Lipinski definition) is 5. The van der Waals surface area contributed by atoms with Crippen molar-refractivity contribution in [2.75, 3.05) is 23.3 Å². The van der Waals surface area contributed by atoms with E-state index in [9.17, 15) is 13.2 Å². The lowest BCUT2D eigenvalue weighted by molar-refractivity contribution is -0.0265. The maximum atomic E-state index is 14.4. The first-order valence-corrected chi connectivity index (χ1v) is 9.98. The van der Waals surface area contributed by atoms with E-state index in [0.717, 1.165) is 29.2 Å². The molecule has 0 radical (unpaired) electrons. The number of nitrogens with one attached hydrogen (secondary N) is 2. The monoisotopic (exact) mass is 427 g/mol. The number of hydrogen-bond donors (Lipinski definition) is 2. The van der Waals surface area contributed by atoms with Gasteiger partial charge in [-0.25, -0.2) is 23.1 Å². The van der Waals surface area contributed by atoms with Gasteiger partial charge in [0.2, 0.25) is 0 Å². The van der Waals surface area contributed by atoms with Gasteiger partial charge in [0.05, 0.1) is 30.7 Å². The van der Waals surface area contributed by atoms with Crippen molar-refractivity contribution in [3.05, 3.63) is 71.8 Å². The van der Waals surface area contributed by atoms with E-state index < -0.39 is 24.8 Å². The summed E-state index contributed by atoms with van der Waals surface area (Å²) in [6.07, 6.45) is 4.72. The maximum absolute atomic E-state index is 14.4. The average Bonchev–Trinajstić information content (AvgIpc) is 3.38. The van der Waals surface area contributed by atoms with Gasteiger partial charge in [-0.05, 0) is 35.9 Å². The number of rotatable bonds is 7. The van der Waals surface area contributed by atoms with Crippen LogP contribution in [0.25, 0.3) is 11.2 Å². The van der Waals surface area contributed by atoms with E-state index >= 15 is 0 Å². The molecule has 5 rings (SSSR count). The number of aromatic amines is 1. The van der Waals surface area contributed by atoms with Crippen molar-refractivity contribution in [2.24, 2.45) is 0 Å². The molecule has 3 aromatic heterocycles. The lowest BCUT2D eigenvalue weighted by Crippen LogP contribution is -2.56. The molecule has 0 unspecified atom stereocenters. The van der Waals surface area contributed by atoms with Crippen LogP contribution < -0.4 is 10.2 Å². The number of pyridine rings is 1. The van der Waals surface area contributed by atoms with E-state index in [2.05, 4.69) is 20.3 Å². The van der Waals surface area contributed by atoms with Gasteiger partial charge in [0, 0.05) is 25.6 Å². The number of H-pyrrole nitrogens is 1. The summed E-state index contributed by atoms with van der Waals surface area (Å²) in [5.41, 5.74) is 3.08. The Morgan fingerprint density at radius 3 is 2.77 bits per heavy atom. The molecule has 1 saturated heterocycles. The second-order valence-corrected chi connectivity index (χ2v) is 7.67. The fraction of sp³-hybridized carbons (Fsp3) is 0.273. The number of benzene rings is 1. The Labute approximate surface area is 176 Å². The van der Waals surface area contributed by atoms with Gasteiger partial charge in [0.1, 0.15) is 22.9 Å². The molecule has 1 aromatic carbocycles. The summed E-state index contributed by atoms with van der Waals surface area (Å²) in [6, 6.07) is 10.3. The van der Waals surface area contributed by atoms with E-state index in [4.69, 9.17) is 4.42 Å². The largest absolute Gasteiger partial charge is 0.469 e. The zero-order valence-corrected chi connectivity index (χ0v) is 16.5. The molecule has 4 heterocycles. The Bertz CT molecular complexity index is 1200. The molecule has 160 valence electrons. The number of aryl methyl sites for hydroxylation is 2. The summed E-state index contributed by atoms with van der Waals surface area (Å²) in [4.78, 5) is 13.5. The first kappa shape index (κ1) is 19.5. The fourth-order valence-corrected chi connectivity index (χ4v) is 3.72. The first-order chi connectivity index (χ1) is 15.0. The highest BCUT2D eigenvalue weighted by Gasteiger charge is 2.44. The molecule has 0 atom stereocenters. The molecular formula is C22H20F3N5O. The molecule has 6 nitrogen and oxygen atoms in total. The van der Waals surface area contributed by atoms with Gasteiger partial charge in [0.15, 0.2) is 5.65 Å². The van der Waals surface area contributed by atoms with E-state index in [1.165, 1.54) is 11.0 Å². The standard InChI is InChI=1S/C22H20F3N5O/c23-16-10-14(3-5-18(16)30-12-22(24,25)13-30)11-27-17-7-8-26-21-20(17)28-19(29-21)6-4-15-2-1-9-31-15/h1-3,5,7-10H,4,6,11-13H2,(H2,26,27,28,29). The van der Waals surface area contributed by atoms with Gasteiger partial charge in [0.25, 0.3) is 5.92 Å². The summed E-state index contributed by atoms with van der Waals surface area (Å²) in [7, 11) is 0. The summed E-state index contributed by atoms with van der Waals surface area (Å²) in [5, 5.41) is 3.27. The van der Waals surface area contributed by atoms with Gasteiger partial charge in [-0.3, -0.25) is 0 Å². The minimum Gasteiger partial charge on any atom is -0.469 e. The lowest BCUT2D eigenvalue weighted by Gasteiger charge is -2.40. The van der Waals surface area contributed by atoms with Crippen molar-refractivity contribution < 1.29 is 17.6 Å². The third-order valence-electron chi connectivity index (χ3n) is 5.31. The Balaban J connectivity index is 1.26. The number of halogens is 3. The van der Waals surface area contributed by atoms with Crippen molar-refractivity contribution in [3.63, 3.8) is 0 Å². The molecular weight excluding hydrogens is 407 g/mol. The highest BCUT2D eigenvalue weighted by molar-refractivity contribution is 5.85. The number of alkyl halides is 2. The van der Waals surface area contributed by atoms with Crippen LogP contribution >= 0.6 is 0 Å². The van der Waals surface area contributed by atoms with Crippen LogP contribution in [-0.2, 0) is 19.4 Å². The van der Waals surface area contributed by atoms with Crippen LogP contribution in [-0.4, -0.2) is 34.0 Å². The van der Waals surface area contributed by atoms with Crippen molar-refractivity contribution in [1.29, 1.82) is 0 Å². The normalized spacial score (nSPS) is 15.3. The van der Waals surface area contributed by atoms with Crippen LogP contribution in [0.5, 0.6) is 0 Å². The number of fused-ring (bicyclic) bond motifs is 1. The molecule has 2 N–H and O–H groups in total. The molecule has 0 aliphatic carbocycles. The van der Waals surface area contributed by atoms with Crippen LogP contribution in [0, 0.1) is 5.82 Å². The molecule has 1 fully saturated rings. The summed E-state index contributed by atoms with van der Waals surface area (Å²) in [6.45, 7) is -0.523. The minimum absolute atomic E-state index is 0.204. The summed E-state index contributed by atoms with van der Waals surface area (Å²) < 4.78 is 45.9. The van der Waals surface area contributed by atoms with Gasteiger partial charge < -0.3 is 19.6 Å². The SMILES string of the molecule is Fc1cc(CNc2ccnc3nc(CCc4ccco4)[nH]c23)ccc1N1CC(F)(F)C1. The van der Waals surface area contributed by atoms with E-state index in [0.29, 0.717) is 24.2 Å². The van der Waals surface area contributed by atoms with Crippen LogP contribution in [0.2, 0.25) is 0 Å². The van der Waals surface area contributed by atoms with Gasteiger partial charge in [-0.1, -0.05) is 6.07 Å². The van der Waals surface area contributed by atoms with Gasteiger partial charge in [-0.15, -0.1) is 0 Å². The molecule has 0 bridgehead atoms. The Morgan fingerprint density at radius 2 is 2.03 bits per heavy atom. The quantitative estimate of drug-likeness (QED) is 0.453. The molecule has 1 aliphatic heterocycles. The van der Waals surface area contributed by atoms with E-state index in [-0.39, 0.29) is 5.69 Å². The first-order valence-electron chi connectivity index (χ1n) is 9.98. The van der Waals surface area contributed by atoms with Crippen LogP contribution in [0.4, 0.5) is 24.5 Å². The van der Waals surface area contributed by atoms with Gasteiger partial charge in [-0.2, -0.15) is 0 Å². The fourth-order valence-electron chi connectivity index (χ4n) is 3.72. The van der Waals surface area contributed by atoms with Crippen LogP contribution in [0.3, 0.4) is 0 Å². The number of furan rings is 1. The molecule has 0 amide bonds. The molecule has 9 heteroatoms. The van der Waals surface area contributed by atoms with Gasteiger partial charge >= 0.3 is 0 Å².